The smallest absolute Gasteiger partial charge is 0.394 e. The number of hydrogen-bond donors (Lipinski definition) is 4. The van der Waals surface area contributed by atoms with Gasteiger partial charge < -0.3 is 20.4 Å². The maximum absolute atomic E-state index is 14.1. The van der Waals surface area contributed by atoms with Crippen molar-refractivity contribution >= 4 is 0 Å². The molecule has 4 rings (SSSR count). The van der Waals surface area contributed by atoms with Crippen molar-refractivity contribution in [2.24, 2.45) is 0 Å². The maximum Gasteiger partial charge on any atom is 0.425 e. The second-order valence-corrected chi connectivity index (χ2v) is 7.86. The Bertz CT molecular complexity index is 1130. The molecule has 2 aromatic carbocycles. The molecule has 1 aliphatic rings. The highest BCUT2D eigenvalue weighted by Gasteiger charge is 2.61. The van der Waals surface area contributed by atoms with Gasteiger partial charge in [-0.25, -0.2) is 0 Å². The largest absolute Gasteiger partial charge is 0.425 e. The summed E-state index contributed by atoms with van der Waals surface area (Å²) in [5.74, 6) is 0. The minimum absolute atomic E-state index is 0.239. The molecule has 1 heterocycles. The van der Waals surface area contributed by atoms with E-state index >= 15 is 0 Å². The summed E-state index contributed by atoms with van der Waals surface area (Å²) < 4.78 is 43.6. The topological polar surface area (TPSA) is 98.7 Å². The van der Waals surface area contributed by atoms with Crippen LogP contribution in [0.2, 0.25) is 0 Å². The number of rotatable bonds is 5. The number of aryl methyl sites for hydroxylation is 1. The molecule has 0 amide bonds. The van der Waals surface area contributed by atoms with Gasteiger partial charge in [0.2, 0.25) is 5.60 Å². The molecule has 31 heavy (non-hydrogen) atoms. The molecule has 1 aliphatic carbocycles. The van der Waals surface area contributed by atoms with Crippen molar-refractivity contribution in [1.29, 1.82) is 0 Å². The van der Waals surface area contributed by atoms with Crippen LogP contribution in [0.1, 0.15) is 16.7 Å². The van der Waals surface area contributed by atoms with Gasteiger partial charge in [0.15, 0.2) is 0 Å². The van der Waals surface area contributed by atoms with E-state index in [1.165, 1.54) is 41.3 Å². The van der Waals surface area contributed by atoms with Crippen molar-refractivity contribution in [3.05, 3.63) is 65.5 Å². The van der Waals surface area contributed by atoms with Crippen molar-refractivity contribution in [2.45, 2.75) is 24.2 Å². The molecule has 0 bridgehead atoms. The highest BCUT2D eigenvalue weighted by atomic mass is 19.4. The van der Waals surface area contributed by atoms with Crippen LogP contribution in [-0.2, 0) is 11.1 Å². The first-order chi connectivity index (χ1) is 14.6. The molecule has 0 aliphatic heterocycles. The number of aliphatic hydroxyl groups is 4. The third-order valence-electron chi connectivity index (χ3n) is 5.93. The van der Waals surface area contributed by atoms with Crippen LogP contribution >= 0.6 is 0 Å². The van der Waals surface area contributed by atoms with Gasteiger partial charge in [0.1, 0.15) is 5.54 Å². The van der Waals surface area contributed by atoms with Crippen LogP contribution in [-0.4, -0.2) is 56.2 Å². The number of hydrogen-bond acceptors (Lipinski definition) is 5. The quantitative estimate of drug-likeness (QED) is 0.494. The Morgan fingerprint density at radius 1 is 0.968 bits per heavy atom. The van der Waals surface area contributed by atoms with Gasteiger partial charge in [0, 0.05) is 22.9 Å². The van der Waals surface area contributed by atoms with Gasteiger partial charge in [-0.3, -0.25) is 4.68 Å². The number of alkyl halides is 3. The summed E-state index contributed by atoms with van der Waals surface area (Å²) in [6.45, 7) is -0.148. The molecule has 3 aromatic rings. The Balaban J connectivity index is 1.99. The summed E-state index contributed by atoms with van der Waals surface area (Å²) in [5.41, 5.74) is -3.28. The molecular formula is C22H21F3N2O4. The predicted molar refractivity (Wildman–Crippen MR) is 106 cm³/mol. The van der Waals surface area contributed by atoms with E-state index in [2.05, 4.69) is 5.10 Å². The van der Waals surface area contributed by atoms with E-state index in [1.807, 2.05) is 0 Å². The number of benzene rings is 2. The lowest BCUT2D eigenvalue weighted by atomic mass is 9.88. The van der Waals surface area contributed by atoms with Gasteiger partial charge >= 0.3 is 6.18 Å². The molecule has 1 aromatic heterocycles. The minimum atomic E-state index is -4.94. The first-order valence-corrected chi connectivity index (χ1v) is 9.55. The predicted octanol–water partition coefficient (Wildman–Crippen LogP) is 2.31. The van der Waals surface area contributed by atoms with Gasteiger partial charge in [0.25, 0.3) is 0 Å². The number of nitrogens with zero attached hydrogens (tertiary/aromatic N) is 2. The van der Waals surface area contributed by atoms with E-state index in [1.54, 1.807) is 19.1 Å². The molecule has 6 nitrogen and oxygen atoms in total. The van der Waals surface area contributed by atoms with E-state index in [0.717, 1.165) is 0 Å². The maximum atomic E-state index is 14.1. The van der Waals surface area contributed by atoms with Crippen molar-refractivity contribution in [3.8, 4) is 22.3 Å². The summed E-state index contributed by atoms with van der Waals surface area (Å²) in [4.78, 5) is 0. The molecule has 4 N–H and O–H groups in total. The van der Waals surface area contributed by atoms with E-state index in [4.69, 9.17) is 0 Å². The van der Waals surface area contributed by atoms with Crippen molar-refractivity contribution in [2.75, 3.05) is 19.8 Å². The van der Waals surface area contributed by atoms with Crippen LogP contribution in [0.25, 0.3) is 22.3 Å². The first-order valence-electron chi connectivity index (χ1n) is 9.55. The Hall–Kier alpha value is -2.72. The zero-order chi connectivity index (χ0) is 22.6. The van der Waals surface area contributed by atoms with Gasteiger partial charge in [-0.15, -0.1) is 0 Å². The van der Waals surface area contributed by atoms with Crippen LogP contribution in [0.15, 0.2) is 48.8 Å². The lowest BCUT2D eigenvalue weighted by Gasteiger charge is -2.28. The summed E-state index contributed by atoms with van der Waals surface area (Å²) in [5, 5.41) is 44.0. The summed E-state index contributed by atoms with van der Waals surface area (Å²) in [6, 6.07) is 8.87. The number of aromatic nitrogens is 2. The van der Waals surface area contributed by atoms with E-state index in [0.29, 0.717) is 16.7 Å². The summed E-state index contributed by atoms with van der Waals surface area (Å²) in [6.07, 6.45) is -2.10. The standard InChI is InChI=1S/C22H21F3N2O4/c1-13-6-16(14-8-26-27(9-14)20(10-28,11-29)12-30)19-15-4-2-3-5-17(15)21(31,18(19)7-13)22(23,24)25/h2-9,28-31H,10-12H2,1H3/t21-/m1/s1. The van der Waals surface area contributed by atoms with Crippen LogP contribution in [0.3, 0.4) is 0 Å². The lowest BCUT2D eigenvalue weighted by Crippen LogP contribution is -2.45. The molecule has 164 valence electrons. The van der Waals surface area contributed by atoms with Crippen molar-refractivity contribution in [1.82, 2.24) is 9.78 Å². The molecule has 0 saturated heterocycles. The van der Waals surface area contributed by atoms with E-state index in [9.17, 15) is 33.6 Å². The fraction of sp³-hybridized carbons (Fsp3) is 0.318. The summed E-state index contributed by atoms with van der Waals surface area (Å²) >= 11 is 0. The van der Waals surface area contributed by atoms with Gasteiger partial charge in [-0.1, -0.05) is 42.0 Å². The molecule has 9 heteroatoms. The van der Waals surface area contributed by atoms with Crippen LogP contribution in [0.5, 0.6) is 0 Å². The average Bonchev–Trinajstić information content (AvgIpc) is 3.33. The second kappa shape index (κ2) is 7.16. The zero-order valence-electron chi connectivity index (χ0n) is 16.6. The molecule has 0 spiro atoms. The molecule has 0 saturated carbocycles. The van der Waals surface area contributed by atoms with Gasteiger partial charge in [-0.2, -0.15) is 18.3 Å². The Kier molecular flexibility index (Phi) is 4.97. The lowest BCUT2D eigenvalue weighted by molar-refractivity contribution is -0.246. The van der Waals surface area contributed by atoms with Gasteiger partial charge in [0.05, 0.1) is 26.0 Å². The normalized spacial score (nSPS) is 18.2. The van der Waals surface area contributed by atoms with E-state index < -0.39 is 37.1 Å². The molecule has 0 unspecified atom stereocenters. The summed E-state index contributed by atoms with van der Waals surface area (Å²) in [7, 11) is 0. The SMILES string of the molecule is Cc1cc(-c2cnn(C(CO)(CO)CO)c2)c2c(c1)[C@@](O)(C(F)(F)F)c1ccccc1-2. The highest BCUT2D eigenvalue weighted by molar-refractivity contribution is 5.92. The molecule has 0 fully saturated rings. The third kappa shape index (κ3) is 2.92. The van der Waals surface area contributed by atoms with Crippen molar-refractivity contribution < 1.29 is 33.6 Å². The highest BCUT2D eigenvalue weighted by Crippen LogP contribution is 2.57. The first kappa shape index (κ1) is 21.5. The number of halogens is 3. The monoisotopic (exact) mass is 434 g/mol. The Morgan fingerprint density at radius 2 is 1.61 bits per heavy atom. The van der Waals surface area contributed by atoms with Crippen LogP contribution < -0.4 is 0 Å². The fourth-order valence-corrected chi connectivity index (χ4v) is 4.15. The molecule has 0 radical (unpaired) electrons. The third-order valence-corrected chi connectivity index (χ3v) is 5.93. The number of aliphatic hydroxyl groups excluding tert-OH is 3. The molecule has 1 atom stereocenters. The van der Waals surface area contributed by atoms with Crippen LogP contribution in [0, 0.1) is 6.92 Å². The minimum Gasteiger partial charge on any atom is -0.394 e. The average molecular weight is 434 g/mol. The fourth-order valence-electron chi connectivity index (χ4n) is 4.15. The van der Waals surface area contributed by atoms with E-state index in [-0.39, 0.29) is 22.3 Å². The van der Waals surface area contributed by atoms with Crippen molar-refractivity contribution in [3.63, 3.8) is 0 Å². The second-order valence-electron chi connectivity index (χ2n) is 7.86. The zero-order valence-corrected chi connectivity index (χ0v) is 16.6. The Labute approximate surface area is 175 Å². The number of fused-ring (bicyclic) bond motifs is 3. The van der Waals surface area contributed by atoms with Crippen LogP contribution in [0.4, 0.5) is 13.2 Å². The molecular weight excluding hydrogens is 413 g/mol. The van der Waals surface area contributed by atoms with Gasteiger partial charge in [-0.05, 0) is 23.6 Å². The Morgan fingerprint density at radius 3 is 2.23 bits per heavy atom.